The number of halogens is 1. The summed E-state index contributed by atoms with van der Waals surface area (Å²) in [6.07, 6.45) is 6.94. The van der Waals surface area contributed by atoms with E-state index in [4.69, 9.17) is 21.1 Å². The van der Waals surface area contributed by atoms with Crippen molar-refractivity contribution in [3.8, 4) is 5.88 Å². The van der Waals surface area contributed by atoms with Crippen molar-refractivity contribution in [2.24, 2.45) is 0 Å². The zero-order valence-corrected chi connectivity index (χ0v) is 15.6. The zero-order valence-electron chi connectivity index (χ0n) is 14.0. The summed E-state index contributed by atoms with van der Waals surface area (Å²) in [5.74, 6) is 0.751. The highest BCUT2D eigenvalue weighted by Crippen LogP contribution is 2.35. The smallest absolute Gasteiger partial charge is 0.223 e. The average molecular weight is 369 g/mol. The van der Waals surface area contributed by atoms with E-state index >= 15 is 0 Å². The van der Waals surface area contributed by atoms with Crippen LogP contribution in [0.15, 0.2) is 18.5 Å². The molecule has 0 amide bonds. The summed E-state index contributed by atoms with van der Waals surface area (Å²) in [5, 5.41) is 2.51. The molecule has 2 heterocycles. The van der Waals surface area contributed by atoms with E-state index in [2.05, 4.69) is 16.9 Å². The molecule has 1 saturated carbocycles. The van der Waals surface area contributed by atoms with Gasteiger partial charge in [0.2, 0.25) is 5.88 Å². The molecule has 0 saturated heterocycles. The monoisotopic (exact) mass is 368 g/mol. The van der Waals surface area contributed by atoms with Crippen molar-refractivity contribution in [3.63, 3.8) is 0 Å². The number of aromatic nitrogens is 2. The molecule has 3 rings (SSSR count). The number of nitrogens with zero attached hydrogens (tertiary/aromatic N) is 2. The van der Waals surface area contributed by atoms with Gasteiger partial charge in [-0.2, -0.15) is 0 Å². The molecule has 2 aromatic rings. The van der Waals surface area contributed by atoms with Crippen molar-refractivity contribution in [2.45, 2.75) is 37.0 Å². The van der Waals surface area contributed by atoms with Crippen LogP contribution in [0.3, 0.4) is 0 Å². The summed E-state index contributed by atoms with van der Waals surface area (Å²) < 4.78 is 22.7. The molecule has 2 aromatic heterocycles. The van der Waals surface area contributed by atoms with Gasteiger partial charge in [-0.05, 0) is 17.0 Å². The second-order valence-corrected chi connectivity index (χ2v) is 8.31. The lowest BCUT2D eigenvalue weighted by atomic mass is 9.95. The standard InChI is InChI=1S/C17H21ClN2O3S/c1-10(9-22-2)14-7-20-17(15-8-19-16(18)6-13(14)15)23-11-4-12(5-11)24(3)21/h6-8,10-12H,4-5,9H2,1-3H3. The molecule has 0 radical (unpaired) electrons. The first-order valence-corrected chi connectivity index (χ1v) is 9.91. The lowest BCUT2D eigenvalue weighted by Crippen LogP contribution is -2.42. The van der Waals surface area contributed by atoms with E-state index in [1.807, 2.05) is 12.3 Å². The van der Waals surface area contributed by atoms with E-state index in [0.29, 0.717) is 17.6 Å². The third-order valence-electron chi connectivity index (χ3n) is 4.48. The fourth-order valence-electron chi connectivity index (χ4n) is 2.98. The van der Waals surface area contributed by atoms with Crippen LogP contribution in [-0.4, -0.2) is 45.8 Å². The Labute approximate surface area is 149 Å². The third kappa shape index (κ3) is 3.61. The quantitative estimate of drug-likeness (QED) is 0.578. The van der Waals surface area contributed by atoms with Gasteiger partial charge in [-0.15, -0.1) is 0 Å². The molecule has 130 valence electrons. The normalized spacial score (nSPS) is 22.9. The Morgan fingerprint density at radius 2 is 2.08 bits per heavy atom. The zero-order chi connectivity index (χ0) is 17.3. The summed E-state index contributed by atoms with van der Waals surface area (Å²) in [5.41, 5.74) is 1.06. The van der Waals surface area contributed by atoms with Crippen LogP contribution >= 0.6 is 11.6 Å². The van der Waals surface area contributed by atoms with Gasteiger partial charge in [-0.1, -0.05) is 29.7 Å². The fourth-order valence-corrected chi connectivity index (χ4v) is 4.10. The number of pyridine rings is 2. The van der Waals surface area contributed by atoms with Crippen LogP contribution in [0.1, 0.15) is 31.2 Å². The van der Waals surface area contributed by atoms with Gasteiger partial charge in [0, 0.05) is 38.3 Å². The summed E-state index contributed by atoms with van der Waals surface area (Å²) >= 11 is 5.30. The number of hydrogen-bond donors (Lipinski definition) is 0. The fraction of sp³-hybridized carbons (Fsp3) is 0.529. The maximum absolute atomic E-state index is 11.5. The molecule has 1 fully saturated rings. The molecule has 2 atom stereocenters. The summed E-state index contributed by atoms with van der Waals surface area (Å²) in [6, 6.07) is 1.84. The lowest BCUT2D eigenvalue weighted by molar-refractivity contribution is 0.119. The van der Waals surface area contributed by atoms with Gasteiger partial charge in [0.25, 0.3) is 0 Å². The van der Waals surface area contributed by atoms with Crippen molar-refractivity contribution in [3.05, 3.63) is 29.2 Å². The number of hydrogen-bond acceptors (Lipinski definition) is 5. The molecule has 1 aliphatic carbocycles. The van der Waals surface area contributed by atoms with Gasteiger partial charge in [-0.25, -0.2) is 9.97 Å². The molecule has 0 N–H and O–H groups in total. The highest BCUT2D eigenvalue weighted by molar-refractivity contribution is 7.91. The van der Waals surface area contributed by atoms with Crippen LogP contribution in [0.2, 0.25) is 5.15 Å². The van der Waals surface area contributed by atoms with E-state index in [1.165, 1.54) is 0 Å². The number of rotatable bonds is 6. The Balaban J connectivity index is 1.89. The van der Waals surface area contributed by atoms with Gasteiger partial charge in [0.15, 0.2) is 0 Å². The van der Waals surface area contributed by atoms with E-state index in [1.54, 1.807) is 19.6 Å². The van der Waals surface area contributed by atoms with Gasteiger partial charge in [-0.3, -0.25) is 0 Å². The Morgan fingerprint density at radius 1 is 1.33 bits per heavy atom. The topological polar surface area (TPSA) is 67.3 Å². The maximum Gasteiger partial charge on any atom is 0.223 e. The van der Waals surface area contributed by atoms with Crippen molar-refractivity contribution in [1.82, 2.24) is 9.97 Å². The summed E-state index contributed by atoms with van der Waals surface area (Å²) in [6.45, 7) is 2.69. The molecule has 24 heavy (non-hydrogen) atoms. The van der Waals surface area contributed by atoms with Gasteiger partial charge < -0.3 is 14.0 Å². The Bertz CT molecular complexity index is 722. The van der Waals surface area contributed by atoms with Crippen molar-refractivity contribution in [2.75, 3.05) is 20.0 Å². The minimum absolute atomic E-state index is 0.0625. The summed E-state index contributed by atoms with van der Waals surface area (Å²) in [7, 11) is 1.68. The second-order valence-electron chi connectivity index (χ2n) is 6.26. The van der Waals surface area contributed by atoms with E-state index in [0.717, 1.165) is 29.2 Å². The first-order chi connectivity index (χ1) is 11.5. The molecular weight excluding hydrogens is 348 g/mol. The summed E-state index contributed by atoms with van der Waals surface area (Å²) in [4.78, 5) is 8.67. The highest BCUT2D eigenvalue weighted by Gasteiger charge is 2.38. The van der Waals surface area contributed by atoms with Crippen LogP contribution in [0.5, 0.6) is 5.88 Å². The molecule has 1 aliphatic rings. The molecule has 5 nitrogen and oxygen atoms in total. The molecular formula is C17H21ClN2O3S. The average Bonchev–Trinajstić information content (AvgIpc) is 2.49. The predicted molar refractivity (Wildman–Crippen MR) is 96.3 cm³/mol. The molecule has 0 aromatic carbocycles. The first-order valence-electron chi connectivity index (χ1n) is 7.91. The van der Waals surface area contributed by atoms with Gasteiger partial charge >= 0.3 is 0 Å². The molecule has 7 heteroatoms. The third-order valence-corrected chi connectivity index (χ3v) is 6.01. The number of ether oxygens (including phenoxy) is 2. The number of methoxy groups -OCH3 is 1. The van der Waals surface area contributed by atoms with Crippen molar-refractivity contribution < 1.29 is 14.0 Å². The minimum Gasteiger partial charge on any atom is -0.616 e. The van der Waals surface area contributed by atoms with E-state index in [9.17, 15) is 4.55 Å². The van der Waals surface area contributed by atoms with Crippen LogP contribution in [-0.2, 0) is 15.9 Å². The maximum atomic E-state index is 11.5. The van der Waals surface area contributed by atoms with E-state index in [-0.39, 0.29) is 17.3 Å². The lowest BCUT2D eigenvalue weighted by Gasteiger charge is -2.34. The Hall–Kier alpha value is -1.08. The van der Waals surface area contributed by atoms with E-state index < -0.39 is 11.2 Å². The van der Waals surface area contributed by atoms with Gasteiger partial charge in [0.1, 0.15) is 16.5 Å². The number of fused-ring (bicyclic) bond motifs is 1. The van der Waals surface area contributed by atoms with Crippen LogP contribution in [0.25, 0.3) is 10.8 Å². The Morgan fingerprint density at radius 3 is 2.75 bits per heavy atom. The largest absolute Gasteiger partial charge is 0.616 e. The minimum atomic E-state index is -0.789. The highest BCUT2D eigenvalue weighted by atomic mass is 35.5. The first kappa shape index (κ1) is 17.7. The molecule has 0 aliphatic heterocycles. The predicted octanol–water partition coefficient (Wildman–Crippen LogP) is 3.32. The Kier molecular flexibility index (Phi) is 5.49. The van der Waals surface area contributed by atoms with Gasteiger partial charge in [0.05, 0.1) is 18.2 Å². The van der Waals surface area contributed by atoms with Crippen LogP contribution < -0.4 is 4.74 Å². The van der Waals surface area contributed by atoms with Crippen LogP contribution in [0, 0.1) is 0 Å². The van der Waals surface area contributed by atoms with Crippen molar-refractivity contribution >= 4 is 33.5 Å². The SMILES string of the molecule is COCC(C)c1cnc(OC2CC([S+](C)[O-])C2)c2cnc(Cl)cc12. The molecule has 0 bridgehead atoms. The second kappa shape index (κ2) is 7.44. The molecule has 0 spiro atoms. The molecule has 2 unspecified atom stereocenters. The van der Waals surface area contributed by atoms with Crippen molar-refractivity contribution in [1.29, 1.82) is 0 Å². The van der Waals surface area contributed by atoms with Crippen LogP contribution in [0.4, 0.5) is 0 Å².